The molecule has 1 unspecified atom stereocenters. The van der Waals surface area contributed by atoms with E-state index in [-0.39, 0.29) is 18.0 Å². The maximum absolute atomic E-state index is 13.5. The molecule has 0 saturated carbocycles. The number of esters is 1. The molecule has 34 heavy (non-hydrogen) atoms. The highest BCUT2D eigenvalue weighted by Crippen LogP contribution is 2.34. The van der Waals surface area contributed by atoms with Gasteiger partial charge in [-0.1, -0.05) is 42.0 Å². The molecule has 1 atom stereocenters. The van der Waals surface area contributed by atoms with Crippen molar-refractivity contribution in [2.75, 3.05) is 18.1 Å². The van der Waals surface area contributed by atoms with Gasteiger partial charge in [0.25, 0.3) is 0 Å². The summed E-state index contributed by atoms with van der Waals surface area (Å²) in [6.07, 6.45) is -1.05. The topological polar surface area (TPSA) is 84.0 Å². The molecule has 0 radical (unpaired) electrons. The summed E-state index contributed by atoms with van der Waals surface area (Å²) in [6.45, 7) is 1.16. The fourth-order valence-electron chi connectivity index (χ4n) is 3.66. The second-order valence-corrected chi connectivity index (χ2v) is 11.5. The van der Waals surface area contributed by atoms with Crippen molar-refractivity contribution in [2.24, 2.45) is 0 Å². The molecule has 1 fully saturated rings. The van der Waals surface area contributed by atoms with Gasteiger partial charge in [0.05, 0.1) is 22.7 Å². The molecule has 1 amide bonds. The molecule has 0 bridgehead atoms. The Morgan fingerprint density at radius 3 is 2.38 bits per heavy atom. The Hall–Kier alpha value is -2.28. The molecule has 3 aromatic rings. The number of aryl methyl sites for hydroxylation is 1. The fraction of sp³-hybridized carbons (Fsp3) is 0.167. The zero-order valence-electron chi connectivity index (χ0n) is 18.0. The number of sulfonamides is 1. The third kappa shape index (κ3) is 4.90. The molecule has 4 rings (SSSR count). The Morgan fingerprint density at radius 2 is 1.71 bits per heavy atom. The molecule has 10 heteroatoms. The SMILES string of the molecule is Cc1ccc(S(=O)(=O)N2CC(=O)N(c3ccccc3Br)C2COC(=O)c2ccccc2I)cc1. The van der Waals surface area contributed by atoms with Gasteiger partial charge in [-0.2, -0.15) is 4.31 Å². The predicted octanol–water partition coefficient (Wildman–Crippen LogP) is 4.58. The lowest BCUT2D eigenvalue weighted by Crippen LogP contribution is -2.46. The van der Waals surface area contributed by atoms with Crippen molar-refractivity contribution in [2.45, 2.75) is 18.0 Å². The van der Waals surface area contributed by atoms with Crippen LogP contribution in [0.4, 0.5) is 5.69 Å². The maximum Gasteiger partial charge on any atom is 0.339 e. The summed E-state index contributed by atoms with van der Waals surface area (Å²) in [5, 5.41) is 0. The number of benzene rings is 3. The largest absolute Gasteiger partial charge is 0.458 e. The van der Waals surface area contributed by atoms with Crippen LogP contribution in [0, 0.1) is 10.5 Å². The van der Waals surface area contributed by atoms with Crippen LogP contribution in [0.2, 0.25) is 0 Å². The normalized spacial score (nSPS) is 16.6. The van der Waals surface area contributed by atoms with Gasteiger partial charge in [0.1, 0.15) is 12.8 Å². The standard InChI is InChI=1S/C24H20BrIN2O5S/c1-16-10-12-17(13-11-16)34(31,32)27-14-23(29)28(21-9-5-3-7-19(21)25)22(27)15-33-24(30)18-6-2-4-8-20(18)26/h2-13,22H,14-15H2,1H3. The Bertz CT molecular complexity index is 1350. The molecule has 0 spiro atoms. The number of amides is 1. The quantitative estimate of drug-likeness (QED) is 0.287. The van der Waals surface area contributed by atoms with E-state index in [1.165, 1.54) is 17.0 Å². The molecular weight excluding hydrogens is 635 g/mol. The molecule has 3 aromatic carbocycles. The van der Waals surface area contributed by atoms with E-state index in [9.17, 15) is 18.0 Å². The molecule has 0 aromatic heterocycles. The van der Waals surface area contributed by atoms with Gasteiger partial charge in [0.2, 0.25) is 15.9 Å². The molecular formula is C24H20BrIN2O5S. The molecule has 0 N–H and O–H groups in total. The van der Waals surface area contributed by atoms with Gasteiger partial charge in [-0.15, -0.1) is 0 Å². The second-order valence-electron chi connectivity index (χ2n) is 7.64. The number of nitrogens with zero attached hydrogens (tertiary/aromatic N) is 2. The fourth-order valence-corrected chi connectivity index (χ4v) is 6.25. The minimum absolute atomic E-state index is 0.0637. The number of halogens is 2. The zero-order valence-corrected chi connectivity index (χ0v) is 22.6. The monoisotopic (exact) mass is 654 g/mol. The average molecular weight is 655 g/mol. The van der Waals surface area contributed by atoms with Gasteiger partial charge in [-0.05, 0) is 81.8 Å². The van der Waals surface area contributed by atoms with Crippen LogP contribution in [0.15, 0.2) is 82.2 Å². The average Bonchev–Trinajstić information content (AvgIpc) is 3.15. The van der Waals surface area contributed by atoms with Crippen LogP contribution in [0.5, 0.6) is 0 Å². The third-order valence-electron chi connectivity index (χ3n) is 5.39. The lowest BCUT2D eigenvalue weighted by atomic mass is 10.2. The van der Waals surface area contributed by atoms with Crippen molar-refractivity contribution in [1.29, 1.82) is 0 Å². The maximum atomic E-state index is 13.5. The highest BCUT2D eigenvalue weighted by atomic mass is 127. The Labute approximate surface area is 220 Å². The Morgan fingerprint density at radius 1 is 1.06 bits per heavy atom. The summed E-state index contributed by atoms with van der Waals surface area (Å²) in [4.78, 5) is 27.3. The first-order valence-corrected chi connectivity index (χ1v) is 13.6. The van der Waals surface area contributed by atoms with Crippen molar-refractivity contribution >= 4 is 66.1 Å². The third-order valence-corrected chi connectivity index (χ3v) is 8.86. The van der Waals surface area contributed by atoms with Crippen molar-refractivity contribution in [3.05, 3.63) is 92.0 Å². The first kappa shape index (κ1) is 24.8. The molecule has 0 aliphatic carbocycles. The first-order valence-electron chi connectivity index (χ1n) is 10.3. The van der Waals surface area contributed by atoms with E-state index in [0.717, 1.165) is 9.87 Å². The smallest absolute Gasteiger partial charge is 0.339 e. The van der Waals surface area contributed by atoms with Crippen molar-refractivity contribution in [3.63, 3.8) is 0 Å². The second kappa shape index (κ2) is 10.1. The van der Waals surface area contributed by atoms with E-state index in [1.54, 1.807) is 60.7 Å². The molecule has 1 heterocycles. The highest BCUT2D eigenvalue weighted by Gasteiger charge is 2.46. The number of anilines is 1. The number of hydrogen-bond donors (Lipinski definition) is 0. The van der Waals surface area contributed by atoms with E-state index in [4.69, 9.17) is 4.74 Å². The van der Waals surface area contributed by atoms with Crippen LogP contribution in [0.1, 0.15) is 15.9 Å². The number of carbonyl (C=O) groups excluding carboxylic acids is 2. The van der Waals surface area contributed by atoms with Gasteiger partial charge < -0.3 is 4.74 Å². The van der Waals surface area contributed by atoms with Crippen LogP contribution in [-0.2, 0) is 19.6 Å². The summed E-state index contributed by atoms with van der Waals surface area (Å²) >= 11 is 5.47. The van der Waals surface area contributed by atoms with Crippen LogP contribution < -0.4 is 4.90 Å². The lowest BCUT2D eigenvalue weighted by Gasteiger charge is -2.29. The van der Waals surface area contributed by atoms with Crippen LogP contribution in [0.3, 0.4) is 0 Å². The number of carbonyl (C=O) groups is 2. The minimum atomic E-state index is -4.05. The van der Waals surface area contributed by atoms with E-state index in [0.29, 0.717) is 19.3 Å². The summed E-state index contributed by atoms with van der Waals surface area (Å²) in [6, 6.07) is 20.4. The van der Waals surface area contributed by atoms with E-state index in [2.05, 4.69) is 15.9 Å². The predicted molar refractivity (Wildman–Crippen MR) is 140 cm³/mol. The number of para-hydroxylation sites is 1. The van der Waals surface area contributed by atoms with Crippen molar-refractivity contribution in [1.82, 2.24) is 4.31 Å². The Kier molecular flexibility index (Phi) is 7.41. The van der Waals surface area contributed by atoms with Gasteiger partial charge in [-0.25, -0.2) is 13.2 Å². The van der Waals surface area contributed by atoms with Crippen LogP contribution in [0.25, 0.3) is 0 Å². The van der Waals surface area contributed by atoms with Crippen LogP contribution in [-0.4, -0.2) is 43.9 Å². The summed E-state index contributed by atoms with van der Waals surface area (Å²) < 4.78 is 35.0. The summed E-state index contributed by atoms with van der Waals surface area (Å²) in [7, 11) is -4.05. The van der Waals surface area contributed by atoms with E-state index in [1.807, 2.05) is 29.5 Å². The first-order chi connectivity index (χ1) is 16.2. The Balaban J connectivity index is 1.71. The van der Waals surface area contributed by atoms with E-state index >= 15 is 0 Å². The number of hydrogen-bond acceptors (Lipinski definition) is 5. The van der Waals surface area contributed by atoms with Gasteiger partial charge in [0, 0.05) is 8.04 Å². The summed E-state index contributed by atoms with van der Waals surface area (Å²) in [5.74, 6) is -1.01. The molecule has 176 valence electrons. The highest BCUT2D eigenvalue weighted by molar-refractivity contribution is 14.1. The van der Waals surface area contributed by atoms with Gasteiger partial charge in [0.15, 0.2) is 0 Å². The minimum Gasteiger partial charge on any atom is -0.458 e. The molecule has 1 aliphatic heterocycles. The molecule has 1 saturated heterocycles. The van der Waals surface area contributed by atoms with Crippen molar-refractivity contribution < 1.29 is 22.7 Å². The number of ether oxygens (including phenoxy) is 1. The van der Waals surface area contributed by atoms with Crippen LogP contribution >= 0.6 is 38.5 Å². The summed E-state index contributed by atoms with van der Waals surface area (Å²) in [5.41, 5.74) is 1.77. The lowest BCUT2D eigenvalue weighted by molar-refractivity contribution is -0.116. The molecule has 1 aliphatic rings. The van der Waals surface area contributed by atoms with Crippen molar-refractivity contribution in [3.8, 4) is 0 Å². The van der Waals surface area contributed by atoms with Gasteiger partial charge in [-0.3, -0.25) is 9.69 Å². The zero-order chi connectivity index (χ0) is 24.5. The number of rotatable bonds is 6. The molecule has 7 nitrogen and oxygen atoms in total. The van der Waals surface area contributed by atoms with E-state index < -0.39 is 28.1 Å². The van der Waals surface area contributed by atoms with Gasteiger partial charge >= 0.3 is 5.97 Å².